The lowest BCUT2D eigenvalue weighted by Crippen LogP contribution is -2.47. The summed E-state index contributed by atoms with van der Waals surface area (Å²) >= 11 is 1.31. The predicted octanol–water partition coefficient (Wildman–Crippen LogP) is 2.37. The molecule has 0 unspecified atom stereocenters. The van der Waals surface area contributed by atoms with E-state index in [9.17, 15) is 14.4 Å². The number of alkyl carbamates (subject to hydrolysis) is 1. The van der Waals surface area contributed by atoms with Crippen LogP contribution in [0.5, 0.6) is 0 Å². The summed E-state index contributed by atoms with van der Waals surface area (Å²) in [5, 5.41) is 13.9. The molecule has 2 N–H and O–H groups in total. The third-order valence-electron chi connectivity index (χ3n) is 4.60. The molecular weight excluding hydrogens is 418 g/mol. The molecule has 1 aromatic carbocycles. The van der Waals surface area contributed by atoms with E-state index < -0.39 is 11.7 Å². The molecule has 0 aliphatic carbocycles. The quantitative estimate of drug-likeness (QED) is 0.546. The lowest BCUT2D eigenvalue weighted by Gasteiger charge is -2.33. The zero-order valence-electron chi connectivity index (χ0n) is 17.9. The molecule has 2 aliphatic rings. The van der Waals surface area contributed by atoms with Crippen molar-refractivity contribution in [2.75, 3.05) is 18.8 Å². The average molecular weight is 446 g/mol. The molecule has 3 rings (SSSR count). The smallest absolute Gasteiger partial charge is 0.407 e. The van der Waals surface area contributed by atoms with Crippen molar-refractivity contribution in [3.05, 3.63) is 35.4 Å². The van der Waals surface area contributed by atoms with E-state index in [1.165, 1.54) is 11.8 Å². The first kappa shape index (κ1) is 22.8. The molecule has 0 aromatic heterocycles. The number of hydrogen-bond acceptors (Lipinski definition) is 7. The molecule has 0 saturated carbocycles. The van der Waals surface area contributed by atoms with E-state index >= 15 is 0 Å². The minimum atomic E-state index is -0.532. The Morgan fingerprint density at radius 2 is 1.90 bits per heavy atom. The number of carbonyl (C=O) groups is 3. The van der Waals surface area contributed by atoms with Gasteiger partial charge in [-0.1, -0.05) is 23.9 Å². The first-order chi connectivity index (χ1) is 14.7. The molecule has 0 atom stereocenters. The average Bonchev–Trinajstić information content (AvgIpc) is 3.12. The molecule has 9 nitrogen and oxygen atoms in total. The van der Waals surface area contributed by atoms with Gasteiger partial charge in [-0.05, 0) is 51.3 Å². The van der Waals surface area contributed by atoms with Gasteiger partial charge in [-0.15, -0.1) is 5.10 Å². The lowest BCUT2D eigenvalue weighted by molar-refractivity contribution is -0.116. The number of rotatable bonds is 4. The second kappa shape index (κ2) is 9.95. The maximum Gasteiger partial charge on any atom is 0.407 e. The number of carbonyl (C=O) groups excluding carboxylic acids is 3. The van der Waals surface area contributed by atoms with Gasteiger partial charge in [-0.3, -0.25) is 9.59 Å². The summed E-state index contributed by atoms with van der Waals surface area (Å²) in [5.41, 5.74) is 0.867. The Balaban J connectivity index is 1.47. The van der Waals surface area contributed by atoms with Crippen LogP contribution in [0.2, 0.25) is 0 Å². The van der Waals surface area contributed by atoms with Gasteiger partial charge in [0.2, 0.25) is 5.91 Å². The van der Waals surface area contributed by atoms with E-state index in [0.29, 0.717) is 42.4 Å². The van der Waals surface area contributed by atoms with E-state index in [1.807, 2.05) is 20.8 Å². The topological polar surface area (TPSA) is 112 Å². The largest absolute Gasteiger partial charge is 0.444 e. The summed E-state index contributed by atoms with van der Waals surface area (Å²) in [4.78, 5) is 37.6. The highest BCUT2D eigenvalue weighted by Gasteiger charge is 2.26. The normalized spacial score (nSPS) is 19.0. The standard InChI is InChI=1S/C21H27N5O4S/c1-21(2,3)30-20(29)23-16-8-10-26(11-9-16)18(28)15-6-4-14(5-7-15)12-22-25-19-24-17(27)13-31-19/h4-7,12,16H,8-11,13H2,1-3H3,(H,23,29)(H,24,25,27). The maximum atomic E-state index is 12.8. The third kappa shape index (κ3) is 7.09. The molecule has 0 radical (unpaired) electrons. The molecule has 31 heavy (non-hydrogen) atoms. The number of amidine groups is 1. The zero-order valence-corrected chi connectivity index (χ0v) is 18.7. The number of thioether (sulfide) groups is 1. The van der Waals surface area contributed by atoms with Crippen molar-refractivity contribution < 1.29 is 19.1 Å². The third-order valence-corrected chi connectivity index (χ3v) is 5.47. The van der Waals surface area contributed by atoms with Crippen LogP contribution < -0.4 is 10.6 Å². The van der Waals surface area contributed by atoms with E-state index in [4.69, 9.17) is 4.74 Å². The highest BCUT2D eigenvalue weighted by Crippen LogP contribution is 2.16. The van der Waals surface area contributed by atoms with Crippen molar-refractivity contribution in [1.29, 1.82) is 0 Å². The number of ether oxygens (including phenoxy) is 1. The van der Waals surface area contributed by atoms with Crippen LogP contribution in [0.3, 0.4) is 0 Å². The summed E-state index contributed by atoms with van der Waals surface area (Å²) in [7, 11) is 0. The van der Waals surface area contributed by atoms with Gasteiger partial charge in [0.25, 0.3) is 5.91 Å². The first-order valence-corrected chi connectivity index (χ1v) is 11.1. The molecule has 10 heteroatoms. The van der Waals surface area contributed by atoms with Gasteiger partial charge in [0.1, 0.15) is 5.60 Å². The Hall–Kier alpha value is -2.88. The fourth-order valence-corrected chi connectivity index (χ4v) is 3.75. The van der Waals surface area contributed by atoms with E-state index in [2.05, 4.69) is 20.8 Å². The molecule has 0 bridgehead atoms. The van der Waals surface area contributed by atoms with Crippen LogP contribution in [-0.4, -0.2) is 64.7 Å². The van der Waals surface area contributed by atoms with Crippen molar-refractivity contribution in [2.24, 2.45) is 10.2 Å². The van der Waals surface area contributed by atoms with Gasteiger partial charge >= 0.3 is 6.09 Å². The van der Waals surface area contributed by atoms with Gasteiger partial charge in [0, 0.05) is 24.7 Å². The Labute approximate surface area is 185 Å². The molecule has 0 spiro atoms. The molecule has 2 aliphatic heterocycles. The first-order valence-electron chi connectivity index (χ1n) is 10.1. The van der Waals surface area contributed by atoms with E-state index in [1.54, 1.807) is 35.4 Å². The van der Waals surface area contributed by atoms with Crippen LogP contribution in [0.15, 0.2) is 34.5 Å². The summed E-state index contributed by atoms with van der Waals surface area (Å²) in [6, 6.07) is 7.12. The number of hydrogen-bond donors (Lipinski definition) is 2. The van der Waals surface area contributed by atoms with Crippen molar-refractivity contribution in [3.63, 3.8) is 0 Å². The predicted molar refractivity (Wildman–Crippen MR) is 120 cm³/mol. The van der Waals surface area contributed by atoms with Crippen LogP contribution >= 0.6 is 11.8 Å². The summed E-state index contributed by atoms with van der Waals surface area (Å²) in [6.45, 7) is 6.62. The van der Waals surface area contributed by atoms with Gasteiger partial charge in [-0.2, -0.15) is 5.10 Å². The highest BCUT2D eigenvalue weighted by atomic mass is 32.2. The Kier molecular flexibility index (Phi) is 7.32. The van der Waals surface area contributed by atoms with Crippen molar-refractivity contribution >= 4 is 41.1 Å². The number of nitrogens with zero attached hydrogens (tertiary/aromatic N) is 3. The molecule has 2 heterocycles. The summed E-state index contributed by atoms with van der Waals surface area (Å²) < 4.78 is 5.29. The van der Waals surface area contributed by atoms with Crippen LogP contribution in [0.4, 0.5) is 4.79 Å². The fraction of sp³-hybridized carbons (Fsp3) is 0.476. The summed E-state index contributed by atoms with van der Waals surface area (Å²) in [6.07, 6.45) is 2.52. The second-order valence-corrected chi connectivity index (χ2v) is 9.29. The molecule has 166 valence electrons. The number of likely N-dealkylation sites (tertiary alicyclic amines) is 1. The monoisotopic (exact) mass is 445 g/mol. The Morgan fingerprint density at radius 3 is 2.48 bits per heavy atom. The van der Waals surface area contributed by atoms with Crippen LogP contribution in [0.1, 0.15) is 49.5 Å². The van der Waals surface area contributed by atoms with Crippen LogP contribution in [0, 0.1) is 0 Å². The molecule has 1 aromatic rings. The fourth-order valence-electron chi connectivity index (χ4n) is 3.12. The minimum absolute atomic E-state index is 0.00178. The van der Waals surface area contributed by atoms with Crippen molar-refractivity contribution in [2.45, 2.75) is 45.3 Å². The minimum Gasteiger partial charge on any atom is -0.444 e. The van der Waals surface area contributed by atoms with Crippen molar-refractivity contribution in [1.82, 2.24) is 15.5 Å². The van der Waals surface area contributed by atoms with Crippen molar-refractivity contribution in [3.8, 4) is 0 Å². The number of piperidine rings is 1. The maximum absolute atomic E-state index is 12.8. The second-order valence-electron chi connectivity index (χ2n) is 8.32. The summed E-state index contributed by atoms with van der Waals surface area (Å²) in [5.74, 6) is 0.246. The van der Waals surface area contributed by atoms with Crippen LogP contribution in [-0.2, 0) is 9.53 Å². The van der Waals surface area contributed by atoms with Gasteiger partial charge in [-0.25, -0.2) is 4.79 Å². The highest BCUT2D eigenvalue weighted by molar-refractivity contribution is 8.15. The number of amides is 3. The SMILES string of the molecule is CC(C)(C)OC(=O)NC1CCN(C(=O)c2ccc(C=NN=C3NC(=O)CS3)cc2)CC1. The molecular formula is C21H27N5O4S. The Bertz CT molecular complexity index is 884. The number of nitrogens with one attached hydrogen (secondary N) is 2. The lowest BCUT2D eigenvalue weighted by atomic mass is 10.0. The Morgan fingerprint density at radius 1 is 1.23 bits per heavy atom. The van der Waals surface area contributed by atoms with E-state index in [-0.39, 0.29) is 17.9 Å². The van der Waals surface area contributed by atoms with E-state index in [0.717, 1.165) is 5.56 Å². The number of benzene rings is 1. The molecule has 2 saturated heterocycles. The van der Waals surface area contributed by atoms with Gasteiger partial charge in [0.15, 0.2) is 5.17 Å². The van der Waals surface area contributed by atoms with Gasteiger partial charge in [0.05, 0.1) is 12.0 Å². The zero-order chi connectivity index (χ0) is 22.4. The molecule has 2 fully saturated rings. The molecule has 3 amide bonds. The van der Waals surface area contributed by atoms with Crippen LogP contribution in [0.25, 0.3) is 0 Å². The van der Waals surface area contributed by atoms with Gasteiger partial charge < -0.3 is 20.3 Å².